The molecule has 7 nitrogen and oxygen atoms in total. The van der Waals surface area contributed by atoms with E-state index in [1.807, 2.05) is 84.8 Å². The van der Waals surface area contributed by atoms with Crippen LogP contribution in [-0.2, 0) is 0 Å². The molecule has 0 bridgehead atoms. The summed E-state index contributed by atoms with van der Waals surface area (Å²) in [4.78, 5) is 23.8. The summed E-state index contributed by atoms with van der Waals surface area (Å²) in [6.07, 6.45) is 3.55. The van der Waals surface area contributed by atoms with Gasteiger partial charge in [-0.1, -0.05) is 30.3 Å². The molecule has 1 amide bonds. The van der Waals surface area contributed by atoms with Crippen molar-refractivity contribution in [3.05, 3.63) is 90.1 Å². The van der Waals surface area contributed by atoms with Gasteiger partial charge < -0.3 is 14.3 Å². The van der Waals surface area contributed by atoms with E-state index in [0.717, 1.165) is 41.1 Å². The molecule has 0 radical (unpaired) electrons. The van der Waals surface area contributed by atoms with Crippen LogP contribution in [0.15, 0.2) is 77.3 Å². The average Bonchev–Trinajstić information content (AvgIpc) is 3.62. The van der Waals surface area contributed by atoms with Gasteiger partial charge in [-0.25, -0.2) is 9.67 Å². The molecule has 7 heteroatoms. The molecule has 170 valence electrons. The molecular weight excluding hydrogens is 426 g/mol. The summed E-state index contributed by atoms with van der Waals surface area (Å²) in [5.41, 5.74) is 4.07. The van der Waals surface area contributed by atoms with Crippen LogP contribution in [0.3, 0.4) is 0 Å². The molecule has 0 atom stereocenters. The summed E-state index contributed by atoms with van der Waals surface area (Å²) in [6, 6.07) is 21.7. The van der Waals surface area contributed by atoms with Gasteiger partial charge in [-0.3, -0.25) is 4.79 Å². The van der Waals surface area contributed by atoms with E-state index in [2.05, 4.69) is 4.98 Å². The van der Waals surface area contributed by atoms with Crippen LogP contribution in [0.25, 0.3) is 28.2 Å². The zero-order valence-corrected chi connectivity index (χ0v) is 18.9. The number of aromatic amines is 1. The molecule has 4 heterocycles. The van der Waals surface area contributed by atoms with E-state index in [4.69, 9.17) is 14.5 Å². The maximum absolute atomic E-state index is 13.6. The van der Waals surface area contributed by atoms with Crippen molar-refractivity contribution in [1.29, 1.82) is 0 Å². The number of rotatable bonds is 4. The van der Waals surface area contributed by atoms with Crippen molar-refractivity contribution < 1.29 is 9.21 Å². The number of para-hydroxylation sites is 3. The maximum atomic E-state index is 13.6. The quantitative estimate of drug-likeness (QED) is 0.400. The molecule has 1 aliphatic rings. The molecule has 0 saturated carbocycles. The lowest BCUT2D eigenvalue weighted by Gasteiger charge is -2.31. The van der Waals surface area contributed by atoms with E-state index in [1.54, 1.807) is 4.68 Å². The molecule has 1 aliphatic heterocycles. The monoisotopic (exact) mass is 451 g/mol. The van der Waals surface area contributed by atoms with Crippen molar-refractivity contribution in [2.45, 2.75) is 25.7 Å². The van der Waals surface area contributed by atoms with Gasteiger partial charge in [0.05, 0.1) is 22.3 Å². The van der Waals surface area contributed by atoms with Crippen LogP contribution in [-0.4, -0.2) is 43.6 Å². The van der Waals surface area contributed by atoms with Crippen LogP contribution >= 0.6 is 0 Å². The second kappa shape index (κ2) is 8.33. The van der Waals surface area contributed by atoms with Crippen LogP contribution in [0, 0.1) is 6.92 Å². The summed E-state index contributed by atoms with van der Waals surface area (Å²) in [7, 11) is 0. The molecule has 5 aromatic rings. The number of likely N-dealkylation sites (tertiary alicyclic amines) is 1. The minimum Gasteiger partial charge on any atom is -0.460 e. The van der Waals surface area contributed by atoms with E-state index in [1.165, 1.54) is 0 Å². The average molecular weight is 452 g/mol. The Labute approximate surface area is 197 Å². The normalized spacial score (nSPS) is 14.7. The second-order valence-electron chi connectivity index (χ2n) is 8.79. The van der Waals surface area contributed by atoms with Gasteiger partial charge in [-0.2, -0.15) is 5.10 Å². The molecule has 1 N–H and O–H groups in total. The van der Waals surface area contributed by atoms with Crippen molar-refractivity contribution in [3.63, 3.8) is 0 Å². The minimum absolute atomic E-state index is 0.0192. The highest BCUT2D eigenvalue weighted by Gasteiger charge is 2.30. The summed E-state index contributed by atoms with van der Waals surface area (Å²) < 4.78 is 7.59. The van der Waals surface area contributed by atoms with Crippen LogP contribution in [0.5, 0.6) is 0 Å². The van der Waals surface area contributed by atoms with E-state index in [-0.39, 0.29) is 5.91 Å². The second-order valence-corrected chi connectivity index (χ2v) is 8.79. The lowest BCUT2D eigenvalue weighted by molar-refractivity contribution is 0.0712. The van der Waals surface area contributed by atoms with E-state index in [9.17, 15) is 4.79 Å². The number of hydrogen-bond acceptors (Lipinski definition) is 4. The third-order valence-electron chi connectivity index (χ3n) is 6.52. The molecule has 1 saturated heterocycles. The lowest BCUT2D eigenvalue weighted by atomic mass is 9.95. The van der Waals surface area contributed by atoms with Crippen molar-refractivity contribution in [2.24, 2.45) is 0 Å². The Balaban J connectivity index is 1.26. The highest BCUT2D eigenvalue weighted by Crippen LogP contribution is 2.31. The van der Waals surface area contributed by atoms with E-state index in [0.29, 0.717) is 36.0 Å². The number of aromatic nitrogens is 4. The molecule has 3 aromatic heterocycles. The van der Waals surface area contributed by atoms with Gasteiger partial charge in [-0.05, 0) is 56.2 Å². The molecule has 0 aliphatic carbocycles. The Morgan fingerprint density at radius 3 is 2.50 bits per heavy atom. The third kappa shape index (κ3) is 3.69. The summed E-state index contributed by atoms with van der Waals surface area (Å²) in [5.74, 6) is 2.70. The standard InChI is InChI=1S/C27H25N5O2/c1-18-11-12-24(34-18)25-21(17-32(30-25)20-7-3-2-4-8-20)27(33)31-15-13-19(14-16-31)26-28-22-9-5-6-10-23(22)29-26/h2-12,17,19H,13-16H2,1H3,(H,28,29). The Bertz CT molecular complexity index is 1420. The first-order valence-electron chi connectivity index (χ1n) is 11.6. The summed E-state index contributed by atoms with van der Waals surface area (Å²) in [6.45, 7) is 3.24. The van der Waals surface area contributed by atoms with Gasteiger partial charge in [-0.15, -0.1) is 0 Å². The Morgan fingerprint density at radius 1 is 1.00 bits per heavy atom. The topological polar surface area (TPSA) is 80.0 Å². The Kier molecular flexibility index (Phi) is 5.02. The smallest absolute Gasteiger partial charge is 0.257 e. The number of benzene rings is 2. The molecule has 6 rings (SSSR count). The number of nitrogens with zero attached hydrogens (tertiary/aromatic N) is 4. The molecule has 2 aromatic carbocycles. The van der Waals surface area contributed by atoms with Crippen LogP contribution in [0.4, 0.5) is 0 Å². The number of imidazole rings is 1. The predicted molar refractivity (Wildman–Crippen MR) is 130 cm³/mol. The fourth-order valence-corrected chi connectivity index (χ4v) is 4.68. The Morgan fingerprint density at radius 2 is 1.76 bits per heavy atom. The largest absolute Gasteiger partial charge is 0.460 e. The summed E-state index contributed by atoms with van der Waals surface area (Å²) >= 11 is 0. The van der Waals surface area contributed by atoms with Gasteiger partial charge in [0.15, 0.2) is 5.76 Å². The van der Waals surface area contributed by atoms with Gasteiger partial charge in [0.2, 0.25) is 0 Å². The highest BCUT2D eigenvalue weighted by atomic mass is 16.3. The number of H-pyrrole nitrogens is 1. The predicted octanol–water partition coefficient (Wildman–Crippen LogP) is 5.34. The van der Waals surface area contributed by atoms with Gasteiger partial charge in [0, 0.05) is 25.2 Å². The van der Waals surface area contributed by atoms with Gasteiger partial charge in [0.1, 0.15) is 17.3 Å². The number of piperidine rings is 1. The number of amides is 1. The first kappa shape index (κ1) is 20.5. The molecular formula is C27H25N5O2. The first-order chi connectivity index (χ1) is 16.7. The number of carbonyl (C=O) groups excluding carboxylic acids is 1. The van der Waals surface area contributed by atoms with Crippen molar-refractivity contribution in [2.75, 3.05) is 13.1 Å². The van der Waals surface area contributed by atoms with Crippen LogP contribution in [0.2, 0.25) is 0 Å². The number of carbonyl (C=O) groups is 1. The number of aryl methyl sites for hydroxylation is 1. The van der Waals surface area contributed by atoms with Crippen LogP contribution in [0.1, 0.15) is 40.7 Å². The van der Waals surface area contributed by atoms with Crippen molar-refractivity contribution in [3.8, 4) is 17.1 Å². The summed E-state index contributed by atoms with van der Waals surface area (Å²) in [5, 5.41) is 4.73. The number of fused-ring (bicyclic) bond motifs is 1. The minimum atomic E-state index is -0.0192. The van der Waals surface area contributed by atoms with Crippen molar-refractivity contribution >= 4 is 16.9 Å². The first-order valence-corrected chi connectivity index (χ1v) is 11.6. The zero-order valence-electron chi connectivity index (χ0n) is 18.9. The molecule has 0 unspecified atom stereocenters. The SMILES string of the molecule is Cc1ccc(-c2nn(-c3ccccc3)cc2C(=O)N2CCC(c3nc4ccccc4[nH]3)CC2)o1. The van der Waals surface area contributed by atoms with E-state index >= 15 is 0 Å². The van der Waals surface area contributed by atoms with Crippen molar-refractivity contribution in [1.82, 2.24) is 24.6 Å². The molecule has 0 spiro atoms. The number of nitrogens with one attached hydrogen (secondary N) is 1. The van der Waals surface area contributed by atoms with Gasteiger partial charge in [0.25, 0.3) is 5.91 Å². The fourth-order valence-electron chi connectivity index (χ4n) is 4.68. The number of hydrogen-bond donors (Lipinski definition) is 1. The fraction of sp³-hybridized carbons (Fsp3) is 0.222. The highest BCUT2D eigenvalue weighted by molar-refractivity contribution is 5.99. The third-order valence-corrected chi connectivity index (χ3v) is 6.52. The van der Waals surface area contributed by atoms with Gasteiger partial charge >= 0.3 is 0 Å². The maximum Gasteiger partial charge on any atom is 0.257 e. The lowest BCUT2D eigenvalue weighted by Crippen LogP contribution is -2.38. The molecule has 1 fully saturated rings. The van der Waals surface area contributed by atoms with E-state index < -0.39 is 0 Å². The molecule has 34 heavy (non-hydrogen) atoms. The van der Waals surface area contributed by atoms with Crippen LogP contribution < -0.4 is 0 Å². The Hall–Kier alpha value is -4.13. The zero-order chi connectivity index (χ0) is 23.1. The number of furan rings is 1.